The molecule has 3 aromatic rings. The minimum atomic E-state index is -0.395. The van der Waals surface area contributed by atoms with E-state index in [9.17, 15) is 9.59 Å². The first-order valence-corrected chi connectivity index (χ1v) is 9.39. The van der Waals surface area contributed by atoms with Gasteiger partial charge in [0.1, 0.15) is 12.7 Å². The summed E-state index contributed by atoms with van der Waals surface area (Å²) < 4.78 is 12.5. The van der Waals surface area contributed by atoms with Gasteiger partial charge in [-0.05, 0) is 44.2 Å². The van der Waals surface area contributed by atoms with E-state index in [2.05, 4.69) is 25.7 Å². The molecule has 0 spiro atoms. The zero-order chi connectivity index (χ0) is 21.3. The third kappa shape index (κ3) is 5.31. The fraction of sp³-hybridized carbons (Fsp3) is 0.250. The van der Waals surface area contributed by atoms with Gasteiger partial charge in [-0.15, -0.1) is 0 Å². The maximum atomic E-state index is 12.4. The van der Waals surface area contributed by atoms with Gasteiger partial charge in [-0.3, -0.25) is 9.59 Å². The van der Waals surface area contributed by atoms with Crippen molar-refractivity contribution >= 4 is 17.5 Å². The summed E-state index contributed by atoms with van der Waals surface area (Å²) in [6.45, 7) is 4.45. The zero-order valence-electron chi connectivity index (χ0n) is 16.7. The van der Waals surface area contributed by atoms with Gasteiger partial charge in [0, 0.05) is 5.56 Å². The van der Waals surface area contributed by atoms with Crippen LogP contribution in [0.3, 0.4) is 0 Å². The Labute approximate surface area is 173 Å². The Balaban J connectivity index is 1.55. The number of ether oxygens (including phenoxy) is 2. The van der Waals surface area contributed by atoms with Gasteiger partial charge in [0.05, 0.1) is 31.6 Å². The summed E-state index contributed by atoms with van der Waals surface area (Å²) in [6, 6.07) is 8.26. The van der Waals surface area contributed by atoms with Crippen molar-refractivity contribution in [2.24, 2.45) is 0 Å². The number of rotatable bonds is 9. The molecule has 2 N–H and O–H groups in total. The second-order valence-corrected chi connectivity index (χ2v) is 6.00. The molecule has 0 radical (unpaired) electrons. The Hall–Kier alpha value is -3.95. The largest absolute Gasteiger partial charge is 0.490 e. The first-order chi connectivity index (χ1) is 14.6. The number of benzene rings is 1. The second-order valence-electron chi connectivity index (χ2n) is 6.00. The Morgan fingerprint density at radius 1 is 1.07 bits per heavy atom. The Bertz CT molecular complexity index is 989. The van der Waals surface area contributed by atoms with Crippen molar-refractivity contribution in [2.45, 2.75) is 13.8 Å². The van der Waals surface area contributed by atoms with Gasteiger partial charge >= 0.3 is 0 Å². The van der Waals surface area contributed by atoms with Crippen LogP contribution in [0.4, 0.5) is 5.69 Å². The van der Waals surface area contributed by atoms with Crippen LogP contribution in [0.1, 0.15) is 24.2 Å². The average molecular weight is 410 g/mol. The zero-order valence-corrected chi connectivity index (χ0v) is 16.7. The number of amides is 2. The molecule has 3 rings (SSSR count). The molecular weight excluding hydrogens is 388 g/mol. The molecule has 2 heterocycles. The van der Waals surface area contributed by atoms with Gasteiger partial charge in [-0.1, -0.05) is 0 Å². The summed E-state index contributed by atoms with van der Waals surface area (Å²) in [5, 5.41) is 9.24. The van der Waals surface area contributed by atoms with E-state index < -0.39 is 5.91 Å². The summed E-state index contributed by atoms with van der Waals surface area (Å²) in [7, 11) is 0. The molecule has 30 heavy (non-hydrogen) atoms. The highest BCUT2D eigenvalue weighted by Crippen LogP contribution is 2.28. The number of carbonyl (C=O) groups is 2. The first-order valence-electron chi connectivity index (χ1n) is 9.39. The van der Waals surface area contributed by atoms with Gasteiger partial charge in [-0.25, -0.2) is 14.6 Å². The molecule has 2 amide bonds. The van der Waals surface area contributed by atoms with Crippen molar-refractivity contribution in [3.05, 3.63) is 54.7 Å². The lowest BCUT2D eigenvalue weighted by Gasteiger charge is -2.12. The van der Waals surface area contributed by atoms with Crippen molar-refractivity contribution in [2.75, 3.05) is 25.1 Å². The van der Waals surface area contributed by atoms with Gasteiger partial charge in [-0.2, -0.15) is 5.10 Å². The van der Waals surface area contributed by atoms with Crippen LogP contribution in [-0.2, 0) is 4.79 Å². The molecule has 0 atom stereocenters. The van der Waals surface area contributed by atoms with Crippen LogP contribution >= 0.6 is 0 Å². The highest BCUT2D eigenvalue weighted by atomic mass is 16.5. The van der Waals surface area contributed by atoms with Crippen molar-refractivity contribution in [1.29, 1.82) is 0 Å². The SMILES string of the molecule is CCOc1ccc(C(=O)NCC(=O)Nc2ccc(-n3cncn3)nc2)cc1OCC. The van der Waals surface area contributed by atoms with E-state index >= 15 is 0 Å². The lowest BCUT2D eigenvalue weighted by atomic mass is 10.2. The quantitative estimate of drug-likeness (QED) is 0.552. The highest BCUT2D eigenvalue weighted by molar-refractivity contribution is 5.99. The first kappa shape index (κ1) is 20.8. The number of hydrogen-bond donors (Lipinski definition) is 2. The summed E-state index contributed by atoms with van der Waals surface area (Å²) in [5.41, 5.74) is 0.867. The molecule has 0 saturated carbocycles. The molecule has 0 fully saturated rings. The molecular formula is C20H22N6O4. The van der Waals surface area contributed by atoms with E-state index in [0.29, 0.717) is 41.8 Å². The van der Waals surface area contributed by atoms with Gasteiger partial charge < -0.3 is 20.1 Å². The lowest BCUT2D eigenvalue weighted by Crippen LogP contribution is -2.32. The third-order valence-electron chi connectivity index (χ3n) is 3.90. The highest BCUT2D eigenvalue weighted by Gasteiger charge is 2.13. The smallest absolute Gasteiger partial charge is 0.251 e. The van der Waals surface area contributed by atoms with Crippen LogP contribution in [-0.4, -0.2) is 51.3 Å². The number of anilines is 1. The molecule has 156 valence electrons. The van der Waals surface area contributed by atoms with Crippen molar-refractivity contribution in [3.8, 4) is 17.3 Å². The van der Waals surface area contributed by atoms with Crippen LogP contribution in [0.25, 0.3) is 5.82 Å². The third-order valence-corrected chi connectivity index (χ3v) is 3.90. The molecule has 0 unspecified atom stereocenters. The monoisotopic (exact) mass is 410 g/mol. The minimum absolute atomic E-state index is 0.194. The van der Waals surface area contributed by atoms with E-state index in [0.717, 1.165) is 0 Å². The fourth-order valence-electron chi connectivity index (χ4n) is 2.58. The molecule has 0 aliphatic heterocycles. The fourth-order valence-corrected chi connectivity index (χ4v) is 2.58. The van der Waals surface area contributed by atoms with E-state index in [-0.39, 0.29) is 12.5 Å². The Morgan fingerprint density at radius 3 is 2.53 bits per heavy atom. The van der Waals surface area contributed by atoms with Crippen LogP contribution in [0, 0.1) is 0 Å². The summed E-state index contributed by atoms with van der Waals surface area (Å²) in [5.74, 6) is 0.841. The molecule has 1 aromatic carbocycles. The molecule has 0 saturated heterocycles. The van der Waals surface area contributed by atoms with E-state index in [1.54, 1.807) is 30.3 Å². The molecule has 10 nitrogen and oxygen atoms in total. The summed E-state index contributed by atoms with van der Waals surface area (Å²) in [4.78, 5) is 32.6. The molecule has 0 bridgehead atoms. The average Bonchev–Trinajstić information content (AvgIpc) is 3.29. The molecule has 0 aliphatic carbocycles. The van der Waals surface area contributed by atoms with Crippen LogP contribution in [0.5, 0.6) is 11.5 Å². The van der Waals surface area contributed by atoms with Crippen molar-refractivity contribution in [3.63, 3.8) is 0 Å². The minimum Gasteiger partial charge on any atom is -0.490 e. The van der Waals surface area contributed by atoms with Crippen molar-refractivity contribution < 1.29 is 19.1 Å². The Morgan fingerprint density at radius 2 is 1.87 bits per heavy atom. The maximum Gasteiger partial charge on any atom is 0.251 e. The van der Waals surface area contributed by atoms with Gasteiger partial charge in [0.25, 0.3) is 5.91 Å². The van der Waals surface area contributed by atoms with E-state index in [4.69, 9.17) is 9.47 Å². The predicted molar refractivity (Wildman–Crippen MR) is 109 cm³/mol. The second kappa shape index (κ2) is 10.0. The molecule has 10 heteroatoms. The number of nitrogens with one attached hydrogen (secondary N) is 2. The summed E-state index contributed by atoms with van der Waals surface area (Å²) in [6.07, 6.45) is 4.42. The summed E-state index contributed by atoms with van der Waals surface area (Å²) >= 11 is 0. The number of nitrogens with zero attached hydrogens (tertiary/aromatic N) is 4. The number of hydrogen-bond acceptors (Lipinski definition) is 7. The van der Waals surface area contributed by atoms with Crippen LogP contribution in [0.15, 0.2) is 49.2 Å². The Kier molecular flexibility index (Phi) is 6.93. The predicted octanol–water partition coefficient (Wildman–Crippen LogP) is 1.83. The molecule has 0 aliphatic rings. The van der Waals surface area contributed by atoms with Crippen molar-refractivity contribution in [1.82, 2.24) is 25.1 Å². The van der Waals surface area contributed by atoms with E-state index in [1.807, 2.05) is 13.8 Å². The van der Waals surface area contributed by atoms with E-state index in [1.165, 1.54) is 23.5 Å². The van der Waals surface area contributed by atoms with Crippen LogP contribution in [0.2, 0.25) is 0 Å². The number of pyridine rings is 1. The number of aromatic nitrogens is 4. The van der Waals surface area contributed by atoms with Gasteiger partial charge in [0.2, 0.25) is 5.91 Å². The maximum absolute atomic E-state index is 12.4. The number of carbonyl (C=O) groups excluding carboxylic acids is 2. The topological polar surface area (TPSA) is 120 Å². The van der Waals surface area contributed by atoms with Gasteiger partial charge in [0.15, 0.2) is 17.3 Å². The molecule has 2 aromatic heterocycles. The van der Waals surface area contributed by atoms with Crippen LogP contribution < -0.4 is 20.1 Å². The normalized spacial score (nSPS) is 10.3. The lowest BCUT2D eigenvalue weighted by molar-refractivity contribution is -0.115. The standard InChI is InChI=1S/C20H22N6O4/c1-3-29-16-7-5-14(9-17(16)30-4-2)20(28)23-11-19(27)25-15-6-8-18(22-10-15)26-13-21-12-24-26/h5-10,12-13H,3-4,11H2,1-2H3,(H,23,28)(H,25,27).